The Labute approximate surface area is 160 Å². The first-order chi connectivity index (χ1) is 7.56. The van der Waals surface area contributed by atoms with E-state index in [1.54, 1.807) is 0 Å². The fourth-order valence-electron chi connectivity index (χ4n) is 0.928. The quantitative estimate of drug-likeness (QED) is 0.375. The Kier molecular flexibility index (Phi) is 7.49. The fourth-order valence-corrected chi connectivity index (χ4v) is 4.96. The van der Waals surface area contributed by atoms with E-state index in [4.69, 9.17) is 128 Å². The summed E-state index contributed by atoms with van der Waals surface area (Å²) >= 11 is 64.3. The van der Waals surface area contributed by atoms with Crippen molar-refractivity contribution in [3.63, 3.8) is 0 Å². The number of hydrogen-bond donors (Lipinski definition) is 0. The molecule has 18 heavy (non-hydrogen) atoms. The summed E-state index contributed by atoms with van der Waals surface area (Å²) in [7, 11) is 0. The Hall–Kier alpha value is 3.19. The molecule has 0 rings (SSSR count). The largest absolute Gasteiger partial charge is 0.216 e. The van der Waals surface area contributed by atoms with Gasteiger partial charge in [0.25, 0.3) is 0 Å². The van der Waals surface area contributed by atoms with Crippen molar-refractivity contribution in [2.75, 3.05) is 0 Å². The summed E-state index contributed by atoms with van der Waals surface area (Å²) in [6, 6.07) is 0. The minimum Gasteiger partial charge on any atom is -0.106 e. The summed E-state index contributed by atoms with van der Waals surface area (Å²) in [5, 5.41) is 0. The van der Waals surface area contributed by atoms with E-state index in [0.717, 1.165) is 0 Å². The molecule has 0 heterocycles. The smallest absolute Gasteiger partial charge is 0.106 e. The van der Waals surface area contributed by atoms with Crippen LogP contribution in [0.15, 0.2) is 0 Å². The summed E-state index contributed by atoms with van der Waals surface area (Å²) in [5.41, 5.74) is 0. The normalized spacial score (nSPS) is 16.0. The molecule has 0 saturated heterocycles. The van der Waals surface area contributed by atoms with Crippen molar-refractivity contribution in [1.82, 2.24) is 0 Å². The van der Waals surface area contributed by atoms with Crippen LogP contribution in [0.2, 0.25) is 0 Å². The van der Waals surface area contributed by atoms with E-state index in [-0.39, 0.29) is 0 Å². The zero-order chi connectivity index (χ0) is 15.2. The van der Waals surface area contributed by atoms with Gasteiger partial charge >= 0.3 is 0 Å². The second-order valence-corrected chi connectivity index (χ2v) is 11.0. The molecule has 0 aliphatic carbocycles. The van der Waals surface area contributed by atoms with Gasteiger partial charge in [0.05, 0.1) is 0 Å². The van der Waals surface area contributed by atoms with Gasteiger partial charge in [-0.2, -0.15) is 0 Å². The SMILES string of the molecule is C[CH]C(Cl)(Cl)C(Cl)(Cl)C(Cl)(C(Cl)(Cl)Cl)C(Cl)(Cl)Cl. The topological polar surface area (TPSA) is 0 Å². The van der Waals surface area contributed by atoms with Crippen molar-refractivity contribution in [3.05, 3.63) is 6.42 Å². The van der Waals surface area contributed by atoms with Crippen molar-refractivity contribution < 1.29 is 0 Å². The Bertz CT molecular complexity index is 281. The van der Waals surface area contributed by atoms with Crippen molar-refractivity contribution in [1.29, 1.82) is 0 Å². The third kappa shape index (κ3) is 3.57. The molecular formula is C7H4Cl11. The molecule has 0 amide bonds. The Morgan fingerprint density at radius 2 is 0.889 bits per heavy atom. The monoisotopic (exact) mass is 473 g/mol. The molecular weight excluding hydrogens is 474 g/mol. The van der Waals surface area contributed by atoms with Gasteiger partial charge in [-0.1, -0.05) is 123 Å². The number of halogens is 11. The molecule has 0 aromatic carbocycles. The van der Waals surface area contributed by atoms with Gasteiger partial charge in [0.15, 0.2) is 13.5 Å². The number of alkyl halides is 11. The fraction of sp³-hybridized carbons (Fsp3) is 0.857. The van der Waals surface area contributed by atoms with Crippen molar-refractivity contribution in [2.24, 2.45) is 0 Å². The van der Waals surface area contributed by atoms with Crippen LogP contribution in [0.3, 0.4) is 0 Å². The van der Waals surface area contributed by atoms with Gasteiger partial charge in [-0.25, -0.2) is 0 Å². The number of rotatable bonds is 3. The van der Waals surface area contributed by atoms with Gasteiger partial charge in [0.1, 0.15) is 0 Å². The summed E-state index contributed by atoms with van der Waals surface area (Å²) < 4.78 is -9.07. The van der Waals surface area contributed by atoms with E-state index < -0.39 is 21.1 Å². The summed E-state index contributed by atoms with van der Waals surface area (Å²) in [6.45, 7) is 1.45. The van der Waals surface area contributed by atoms with Crippen molar-refractivity contribution >= 4 is 128 Å². The molecule has 0 N–H and O–H groups in total. The molecule has 0 aromatic heterocycles. The third-order valence-corrected chi connectivity index (χ3v) is 7.87. The highest BCUT2D eigenvalue weighted by atomic mass is 35.6. The molecule has 0 unspecified atom stereocenters. The second-order valence-electron chi connectivity index (χ2n) is 3.14. The molecule has 0 aliphatic rings. The van der Waals surface area contributed by atoms with Gasteiger partial charge in [-0.05, 0) is 6.42 Å². The van der Waals surface area contributed by atoms with E-state index in [1.807, 2.05) is 0 Å². The summed E-state index contributed by atoms with van der Waals surface area (Å²) in [6.07, 6.45) is 1.21. The molecule has 0 atom stereocenters. The lowest BCUT2D eigenvalue weighted by Crippen LogP contribution is -2.65. The average Bonchev–Trinajstić information content (AvgIpc) is 2.12. The molecule has 0 saturated carbocycles. The maximum atomic E-state index is 6.10. The van der Waals surface area contributed by atoms with Gasteiger partial charge in [0.2, 0.25) is 7.59 Å². The van der Waals surface area contributed by atoms with Gasteiger partial charge < -0.3 is 0 Å². The predicted molar refractivity (Wildman–Crippen MR) is 88.0 cm³/mol. The molecule has 1 radical (unpaired) electrons. The van der Waals surface area contributed by atoms with Gasteiger partial charge in [0, 0.05) is 0 Å². The molecule has 0 aromatic rings. The second kappa shape index (κ2) is 6.36. The van der Waals surface area contributed by atoms with Gasteiger partial charge in [-0.15, -0.1) is 11.6 Å². The Morgan fingerprint density at radius 1 is 0.611 bits per heavy atom. The number of hydrogen-bond acceptors (Lipinski definition) is 0. The molecule has 109 valence electrons. The zero-order valence-corrected chi connectivity index (χ0v) is 16.6. The summed E-state index contributed by atoms with van der Waals surface area (Å²) in [5.74, 6) is 0. The third-order valence-electron chi connectivity index (χ3n) is 2.00. The van der Waals surface area contributed by atoms with Crippen LogP contribution < -0.4 is 0 Å². The highest BCUT2D eigenvalue weighted by Crippen LogP contribution is 2.67. The standard InChI is InChI=1S/C7H4Cl11/c1-2-3(8,9)5(11,12)4(10,6(13,14)15)7(16,17)18/h2H,1H3. The van der Waals surface area contributed by atoms with Crippen LogP contribution in [0, 0.1) is 6.42 Å². The highest BCUT2D eigenvalue weighted by Gasteiger charge is 2.75. The highest BCUT2D eigenvalue weighted by molar-refractivity contribution is 6.81. The predicted octanol–water partition coefficient (Wildman–Crippen LogP) is 7.28. The maximum absolute atomic E-state index is 6.10. The minimum absolute atomic E-state index is 1.21. The van der Waals surface area contributed by atoms with Crippen LogP contribution in [-0.4, -0.2) is 21.1 Å². The first-order valence-corrected chi connectivity index (χ1v) is 8.10. The lowest BCUT2D eigenvalue weighted by Gasteiger charge is -2.50. The van der Waals surface area contributed by atoms with E-state index in [9.17, 15) is 0 Å². The average molecular weight is 478 g/mol. The molecule has 0 bridgehead atoms. The van der Waals surface area contributed by atoms with E-state index in [2.05, 4.69) is 0 Å². The van der Waals surface area contributed by atoms with Crippen molar-refractivity contribution in [2.45, 2.75) is 28.0 Å². The lowest BCUT2D eigenvalue weighted by molar-refractivity contribution is 0.494. The molecule has 0 aliphatic heterocycles. The van der Waals surface area contributed by atoms with E-state index >= 15 is 0 Å². The van der Waals surface area contributed by atoms with E-state index in [0.29, 0.717) is 0 Å². The minimum atomic E-state index is -2.44. The molecule has 0 spiro atoms. The molecule has 0 fully saturated rings. The lowest BCUT2D eigenvalue weighted by atomic mass is 10.0. The van der Waals surface area contributed by atoms with Crippen LogP contribution in [0.4, 0.5) is 0 Å². The molecule has 0 nitrogen and oxygen atoms in total. The van der Waals surface area contributed by atoms with Crippen LogP contribution in [0.5, 0.6) is 0 Å². The Morgan fingerprint density at radius 3 is 1.06 bits per heavy atom. The van der Waals surface area contributed by atoms with Crippen LogP contribution in [0.25, 0.3) is 0 Å². The maximum Gasteiger partial charge on any atom is 0.216 e. The van der Waals surface area contributed by atoms with Crippen LogP contribution in [-0.2, 0) is 0 Å². The van der Waals surface area contributed by atoms with E-state index in [1.165, 1.54) is 13.3 Å². The van der Waals surface area contributed by atoms with Crippen molar-refractivity contribution in [3.8, 4) is 0 Å². The Balaban J connectivity index is 6.10. The molecule has 11 heteroatoms. The first kappa shape index (κ1) is 21.2. The van der Waals surface area contributed by atoms with Crippen LogP contribution in [0.1, 0.15) is 6.92 Å². The summed E-state index contributed by atoms with van der Waals surface area (Å²) in [4.78, 5) is -2.44. The van der Waals surface area contributed by atoms with Gasteiger partial charge in [-0.3, -0.25) is 0 Å². The first-order valence-electron chi connectivity index (χ1n) is 3.94. The zero-order valence-electron chi connectivity index (χ0n) is 8.23. The van der Waals surface area contributed by atoms with Crippen LogP contribution >= 0.6 is 128 Å².